The number of cyclic esters (lactones) is 2. The minimum Gasteiger partial charge on any atom is -0.452 e. The molecule has 1 aliphatic heterocycles. The minimum absolute atomic E-state index is 0.0688. The number of rotatable bonds is 6. The van der Waals surface area contributed by atoms with Crippen LogP contribution in [-0.4, -0.2) is 34.2 Å². The molecule has 122 valence electrons. The van der Waals surface area contributed by atoms with Gasteiger partial charge in [0.2, 0.25) is 0 Å². The molecule has 6 heteroatoms. The number of carbonyl (C=O) groups is 2. The minimum atomic E-state index is -2.74. The fourth-order valence-corrected chi connectivity index (χ4v) is 2.30. The van der Waals surface area contributed by atoms with E-state index in [4.69, 9.17) is 4.74 Å². The van der Waals surface area contributed by atoms with Gasteiger partial charge in [-0.1, -0.05) is 32.6 Å². The third-order valence-electron chi connectivity index (χ3n) is 3.54. The third-order valence-corrected chi connectivity index (χ3v) is 3.54. The highest BCUT2D eigenvalue weighted by molar-refractivity contribution is 5.71. The topological polar surface area (TPSA) is 93.1 Å². The van der Waals surface area contributed by atoms with Crippen LogP contribution in [0.3, 0.4) is 0 Å². The van der Waals surface area contributed by atoms with Gasteiger partial charge in [0.05, 0.1) is 0 Å². The Kier molecular flexibility index (Phi) is 7.67. The van der Waals surface area contributed by atoms with Gasteiger partial charge in [0, 0.05) is 12.8 Å². The van der Waals surface area contributed by atoms with Gasteiger partial charge in [-0.2, -0.15) is 0 Å². The zero-order valence-corrected chi connectivity index (χ0v) is 12.7. The monoisotopic (exact) mass is 302 g/mol. The highest BCUT2D eigenvalue weighted by Gasteiger charge is 2.42. The number of aliphatic hydroxyl groups is 2. The van der Waals surface area contributed by atoms with E-state index in [1.54, 1.807) is 0 Å². The number of esters is 2. The summed E-state index contributed by atoms with van der Waals surface area (Å²) in [5.74, 6) is -3.91. The first-order valence-electron chi connectivity index (χ1n) is 7.81. The summed E-state index contributed by atoms with van der Waals surface area (Å²) >= 11 is 0. The molecule has 2 N–H and O–H groups in total. The highest BCUT2D eigenvalue weighted by atomic mass is 16.8. The van der Waals surface area contributed by atoms with E-state index in [1.165, 1.54) is 0 Å². The van der Waals surface area contributed by atoms with Gasteiger partial charge in [0.15, 0.2) is 6.10 Å². The van der Waals surface area contributed by atoms with Crippen molar-refractivity contribution in [1.82, 2.24) is 0 Å². The van der Waals surface area contributed by atoms with E-state index in [1.807, 2.05) is 0 Å². The van der Waals surface area contributed by atoms with Gasteiger partial charge in [-0.3, -0.25) is 9.59 Å². The normalized spacial score (nSPS) is 23.3. The second kappa shape index (κ2) is 9.00. The Morgan fingerprint density at radius 2 is 1.67 bits per heavy atom. The van der Waals surface area contributed by atoms with E-state index in [0.717, 1.165) is 25.7 Å². The lowest BCUT2D eigenvalue weighted by Gasteiger charge is -2.30. The highest BCUT2D eigenvalue weighted by Crippen LogP contribution is 2.23. The van der Waals surface area contributed by atoms with Gasteiger partial charge < -0.3 is 19.7 Å². The SMILES string of the molecule is CCCCCCCC1OC(=O)CCCCC(=O)OC1(O)O. The van der Waals surface area contributed by atoms with Crippen molar-refractivity contribution in [2.75, 3.05) is 0 Å². The van der Waals surface area contributed by atoms with Crippen molar-refractivity contribution in [2.24, 2.45) is 0 Å². The molecule has 0 saturated carbocycles. The molecule has 1 atom stereocenters. The zero-order valence-electron chi connectivity index (χ0n) is 12.7. The van der Waals surface area contributed by atoms with Crippen molar-refractivity contribution in [3.8, 4) is 0 Å². The Bertz CT molecular complexity index is 339. The molecule has 0 bridgehead atoms. The molecule has 21 heavy (non-hydrogen) atoms. The van der Waals surface area contributed by atoms with Gasteiger partial charge in [-0.25, -0.2) is 0 Å². The van der Waals surface area contributed by atoms with Crippen molar-refractivity contribution >= 4 is 11.9 Å². The van der Waals surface area contributed by atoms with Crippen LogP contribution in [0.25, 0.3) is 0 Å². The lowest BCUT2D eigenvalue weighted by molar-refractivity contribution is -0.360. The Morgan fingerprint density at radius 1 is 1.05 bits per heavy atom. The lowest BCUT2D eigenvalue weighted by Crippen LogP contribution is -2.49. The standard InChI is InChI=1S/C15H26O6/c1-2-3-4-5-6-9-12-15(18,19)21-14(17)11-8-7-10-13(16)20-12/h12,18-19H,2-11H2,1H3. The van der Waals surface area contributed by atoms with Gasteiger partial charge in [-0.15, -0.1) is 0 Å². The van der Waals surface area contributed by atoms with E-state index in [-0.39, 0.29) is 19.3 Å². The molecule has 0 aliphatic carbocycles. The molecule has 0 aromatic rings. The van der Waals surface area contributed by atoms with E-state index in [0.29, 0.717) is 19.3 Å². The molecular weight excluding hydrogens is 276 g/mol. The molecule has 1 unspecified atom stereocenters. The van der Waals surface area contributed by atoms with Crippen LogP contribution >= 0.6 is 0 Å². The summed E-state index contributed by atoms with van der Waals surface area (Å²) in [6.07, 6.45) is 5.12. The number of ether oxygens (including phenoxy) is 2. The van der Waals surface area contributed by atoms with Crippen molar-refractivity contribution in [3.05, 3.63) is 0 Å². The quantitative estimate of drug-likeness (QED) is 0.443. The van der Waals surface area contributed by atoms with Crippen LogP contribution in [-0.2, 0) is 19.1 Å². The molecule has 0 radical (unpaired) electrons. The number of carbonyl (C=O) groups excluding carboxylic acids is 2. The Morgan fingerprint density at radius 3 is 2.33 bits per heavy atom. The summed E-state index contributed by atoms with van der Waals surface area (Å²) in [4.78, 5) is 23.1. The van der Waals surface area contributed by atoms with Crippen LogP contribution < -0.4 is 0 Å². The fraction of sp³-hybridized carbons (Fsp3) is 0.867. The van der Waals surface area contributed by atoms with Crippen molar-refractivity contribution < 1.29 is 29.3 Å². The summed E-state index contributed by atoms with van der Waals surface area (Å²) in [5, 5.41) is 19.8. The number of hydrogen-bond donors (Lipinski definition) is 2. The van der Waals surface area contributed by atoms with E-state index < -0.39 is 24.0 Å². The van der Waals surface area contributed by atoms with Crippen LogP contribution in [0.4, 0.5) is 0 Å². The van der Waals surface area contributed by atoms with E-state index in [9.17, 15) is 19.8 Å². The van der Waals surface area contributed by atoms with Crippen molar-refractivity contribution in [2.45, 2.75) is 83.2 Å². The molecule has 6 nitrogen and oxygen atoms in total. The molecule has 1 rings (SSSR count). The van der Waals surface area contributed by atoms with Crippen LogP contribution in [0, 0.1) is 0 Å². The lowest BCUT2D eigenvalue weighted by atomic mass is 10.1. The van der Waals surface area contributed by atoms with E-state index in [2.05, 4.69) is 11.7 Å². The molecule has 0 spiro atoms. The van der Waals surface area contributed by atoms with Crippen molar-refractivity contribution in [3.63, 3.8) is 0 Å². The molecule has 1 aliphatic rings. The maximum atomic E-state index is 11.6. The third kappa shape index (κ3) is 6.91. The average molecular weight is 302 g/mol. The smallest absolute Gasteiger partial charge is 0.363 e. The summed E-state index contributed by atoms with van der Waals surface area (Å²) in [6, 6.07) is 0. The van der Waals surface area contributed by atoms with Crippen molar-refractivity contribution in [1.29, 1.82) is 0 Å². The second-order valence-electron chi connectivity index (χ2n) is 5.52. The van der Waals surface area contributed by atoms with E-state index >= 15 is 0 Å². The Hall–Kier alpha value is -1.14. The second-order valence-corrected chi connectivity index (χ2v) is 5.52. The predicted octanol–water partition coefficient (Wildman–Crippen LogP) is 2.01. The molecule has 0 aromatic heterocycles. The Labute approximate surface area is 125 Å². The molecule has 1 heterocycles. The van der Waals surface area contributed by atoms with Crippen LogP contribution in [0.5, 0.6) is 0 Å². The average Bonchev–Trinajstić information content (AvgIpc) is 2.40. The number of unbranched alkanes of at least 4 members (excludes halogenated alkanes) is 4. The summed E-state index contributed by atoms with van der Waals surface area (Å²) in [5.41, 5.74) is 0. The summed E-state index contributed by atoms with van der Waals surface area (Å²) < 4.78 is 9.73. The largest absolute Gasteiger partial charge is 0.452 e. The fourth-order valence-electron chi connectivity index (χ4n) is 2.30. The van der Waals surface area contributed by atoms with Gasteiger partial charge >= 0.3 is 17.9 Å². The van der Waals surface area contributed by atoms with Crippen LogP contribution in [0.2, 0.25) is 0 Å². The number of hydrogen-bond acceptors (Lipinski definition) is 6. The molecule has 0 aromatic carbocycles. The summed E-state index contributed by atoms with van der Waals surface area (Å²) in [6.45, 7) is 2.11. The summed E-state index contributed by atoms with van der Waals surface area (Å²) in [7, 11) is 0. The van der Waals surface area contributed by atoms with Crippen LogP contribution in [0.15, 0.2) is 0 Å². The van der Waals surface area contributed by atoms with Crippen LogP contribution in [0.1, 0.15) is 71.1 Å². The molecular formula is C15H26O6. The first-order valence-corrected chi connectivity index (χ1v) is 7.81. The maximum Gasteiger partial charge on any atom is 0.363 e. The first-order chi connectivity index (χ1) is 9.95. The Balaban J connectivity index is 2.58. The molecule has 1 fully saturated rings. The maximum absolute atomic E-state index is 11.6. The van der Waals surface area contributed by atoms with Gasteiger partial charge in [0.25, 0.3) is 0 Å². The molecule has 0 amide bonds. The predicted molar refractivity (Wildman–Crippen MR) is 75.0 cm³/mol. The first kappa shape index (κ1) is 17.9. The zero-order chi connectivity index (χ0) is 15.7. The molecule has 1 saturated heterocycles. The van der Waals surface area contributed by atoms with Gasteiger partial charge in [-0.05, 0) is 25.7 Å². The van der Waals surface area contributed by atoms with Gasteiger partial charge in [0.1, 0.15) is 0 Å².